The Kier molecular flexibility index (Phi) is 4.67. The molecule has 8 heteroatoms. The van der Waals surface area contributed by atoms with Gasteiger partial charge in [0.2, 0.25) is 0 Å². The van der Waals surface area contributed by atoms with Crippen molar-refractivity contribution in [1.82, 2.24) is 14.8 Å². The van der Waals surface area contributed by atoms with E-state index in [4.69, 9.17) is 0 Å². The Hall–Kier alpha value is -1.96. The van der Waals surface area contributed by atoms with Crippen molar-refractivity contribution in [2.24, 2.45) is 0 Å². The van der Waals surface area contributed by atoms with Crippen molar-refractivity contribution in [1.29, 1.82) is 0 Å². The number of nitrogens with zero attached hydrogens (tertiary/aromatic N) is 4. The van der Waals surface area contributed by atoms with E-state index in [9.17, 15) is 10.1 Å². The van der Waals surface area contributed by atoms with Gasteiger partial charge in [0.1, 0.15) is 10.3 Å². The van der Waals surface area contributed by atoms with Crippen LogP contribution in [0.25, 0.3) is 0 Å². The van der Waals surface area contributed by atoms with Crippen LogP contribution in [0.5, 0.6) is 0 Å². The predicted molar refractivity (Wildman–Crippen MR) is 78.7 cm³/mol. The van der Waals surface area contributed by atoms with E-state index >= 15 is 0 Å². The Bertz CT molecular complexity index is 596. The third kappa shape index (κ3) is 3.53. The van der Waals surface area contributed by atoms with Crippen LogP contribution in [0.4, 0.5) is 11.6 Å². The topological polar surface area (TPSA) is 85.9 Å². The fourth-order valence-corrected chi connectivity index (χ4v) is 2.11. The molecule has 0 saturated carbocycles. The van der Waals surface area contributed by atoms with Crippen LogP contribution in [0.15, 0.2) is 29.0 Å². The molecule has 0 spiro atoms. The highest BCUT2D eigenvalue weighted by Crippen LogP contribution is 2.22. The van der Waals surface area contributed by atoms with E-state index in [0.29, 0.717) is 11.0 Å². The zero-order chi connectivity index (χ0) is 14.5. The minimum absolute atomic E-state index is 0.181. The number of anilines is 1. The van der Waals surface area contributed by atoms with Gasteiger partial charge >= 0.3 is 5.82 Å². The highest BCUT2D eigenvalue weighted by Gasteiger charge is 2.18. The molecule has 2 rings (SSSR count). The summed E-state index contributed by atoms with van der Waals surface area (Å²) in [5.41, 5.74) is 0.928. The SMILES string of the molecule is CCCNc1ccc(Cn2cc(Br)c([N+](=O)[O-])n2)cn1. The number of pyridine rings is 1. The van der Waals surface area contributed by atoms with Crippen molar-refractivity contribution in [2.75, 3.05) is 11.9 Å². The van der Waals surface area contributed by atoms with Crippen LogP contribution in [0, 0.1) is 10.1 Å². The molecule has 0 aliphatic rings. The molecule has 0 aliphatic carbocycles. The number of rotatable bonds is 6. The van der Waals surface area contributed by atoms with Gasteiger partial charge in [0, 0.05) is 12.7 Å². The summed E-state index contributed by atoms with van der Waals surface area (Å²) < 4.78 is 1.88. The van der Waals surface area contributed by atoms with Gasteiger partial charge < -0.3 is 15.4 Å². The van der Waals surface area contributed by atoms with Crippen molar-refractivity contribution >= 4 is 27.6 Å². The minimum atomic E-state index is -0.517. The van der Waals surface area contributed by atoms with Gasteiger partial charge in [-0.1, -0.05) is 13.0 Å². The van der Waals surface area contributed by atoms with Crippen LogP contribution in [-0.4, -0.2) is 26.2 Å². The molecule has 2 aromatic heterocycles. The smallest absolute Gasteiger partial charge is 0.370 e. The normalized spacial score (nSPS) is 10.5. The number of nitro groups is 1. The first-order valence-electron chi connectivity index (χ1n) is 6.16. The highest BCUT2D eigenvalue weighted by molar-refractivity contribution is 9.10. The molecule has 0 atom stereocenters. The molecular weight excluding hydrogens is 326 g/mol. The molecule has 0 aliphatic heterocycles. The molecule has 2 heterocycles. The van der Waals surface area contributed by atoms with Gasteiger partial charge in [-0.25, -0.2) is 4.98 Å². The lowest BCUT2D eigenvalue weighted by atomic mass is 10.3. The predicted octanol–water partition coefficient (Wildman–Crippen LogP) is 2.82. The maximum absolute atomic E-state index is 10.7. The van der Waals surface area contributed by atoms with Gasteiger partial charge in [-0.05, 0) is 38.9 Å². The molecule has 1 N–H and O–H groups in total. The molecule has 0 aromatic carbocycles. The van der Waals surface area contributed by atoms with Crippen LogP contribution in [0.1, 0.15) is 18.9 Å². The average molecular weight is 340 g/mol. The molecule has 0 amide bonds. The maximum atomic E-state index is 10.7. The second-order valence-corrected chi connectivity index (χ2v) is 5.09. The van der Waals surface area contributed by atoms with E-state index in [2.05, 4.69) is 38.3 Å². The molecule has 0 unspecified atom stereocenters. The lowest BCUT2D eigenvalue weighted by Gasteiger charge is -2.04. The number of nitrogens with one attached hydrogen (secondary N) is 1. The maximum Gasteiger partial charge on any atom is 0.404 e. The summed E-state index contributed by atoms with van der Waals surface area (Å²) in [6.45, 7) is 3.40. The van der Waals surface area contributed by atoms with Gasteiger partial charge in [-0.3, -0.25) is 0 Å². The fourth-order valence-electron chi connectivity index (χ4n) is 1.65. The van der Waals surface area contributed by atoms with E-state index in [-0.39, 0.29) is 5.82 Å². The average Bonchev–Trinajstić information content (AvgIpc) is 2.79. The molecule has 0 saturated heterocycles. The summed E-state index contributed by atoms with van der Waals surface area (Å²) in [5, 5.41) is 17.8. The zero-order valence-electron chi connectivity index (χ0n) is 10.9. The Morgan fingerprint density at radius 3 is 2.85 bits per heavy atom. The van der Waals surface area contributed by atoms with E-state index in [1.165, 1.54) is 4.68 Å². The van der Waals surface area contributed by atoms with Crippen LogP contribution in [0.2, 0.25) is 0 Å². The summed E-state index contributed by atoms with van der Waals surface area (Å²) in [6.07, 6.45) is 4.36. The highest BCUT2D eigenvalue weighted by atomic mass is 79.9. The number of hydrogen-bond acceptors (Lipinski definition) is 5. The summed E-state index contributed by atoms with van der Waals surface area (Å²) in [7, 11) is 0. The van der Waals surface area contributed by atoms with Gasteiger partial charge in [-0.15, -0.1) is 0 Å². The largest absolute Gasteiger partial charge is 0.404 e. The second-order valence-electron chi connectivity index (χ2n) is 4.23. The van der Waals surface area contributed by atoms with Crippen LogP contribution in [-0.2, 0) is 6.54 Å². The van der Waals surface area contributed by atoms with Crippen molar-refractivity contribution in [3.8, 4) is 0 Å². The Labute approximate surface area is 124 Å². The summed E-state index contributed by atoms with van der Waals surface area (Å²) in [5.74, 6) is 0.641. The van der Waals surface area contributed by atoms with Crippen molar-refractivity contribution in [2.45, 2.75) is 19.9 Å². The first kappa shape index (κ1) is 14.4. The van der Waals surface area contributed by atoms with Crippen molar-refractivity contribution in [3.05, 3.63) is 44.7 Å². The van der Waals surface area contributed by atoms with Gasteiger partial charge in [0.05, 0.1) is 17.8 Å². The van der Waals surface area contributed by atoms with Crippen LogP contribution in [0.3, 0.4) is 0 Å². The van der Waals surface area contributed by atoms with E-state index in [0.717, 1.165) is 24.3 Å². The standard InChI is InChI=1S/C12H14BrN5O2/c1-2-5-14-11-4-3-9(6-15-11)7-17-8-10(13)12(16-17)18(19)20/h3-4,6,8H,2,5,7H2,1H3,(H,14,15). The molecule has 0 bridgehead atoms. The molecule has 20 heavy (non-hydrogen) atoms. The Balaban J connectivity index is 2.06. The van der Waals surface area contributed by atoms with Gasteiger partial charge in [0.25, 0.3) is 0 Å². The lowest BCUT2D eigenvalue weighted by Crippen LogP contribution is -2.04. The van der Waals surface area contributed by atoms with Gasteiger partial charge in [-0.2, -0.15) is 4.68 Å². The minimum Gasteiger partial charge on any atom is -0.370 e. The Morgan fingerprint density at radius 2 is 2.30 bits per heavy atom. The van der Waals surface area contributed by atoms with E-state index in [1.807, 2.05) is 12.1 Å². The fraction of sp³-hybridized carbons (Fsp3) is 0.333. The first-order chi connectivity index (χ1) is 9.60. The molecule has 0 fully saturated rings. The second kappa shape index (κ2) is 6.47. The molecule has 7 nitrogen and oxygen atoms in total. The Morgan fingerprint density at radius 1 is 1.50 bits per heavy atom. The van der Waals surface area contributed by atoms with E-state index in [1.54, 1.807) is 12.4 Å². The zero-order valence-corrected chi connectivity index (χ0v) is 12.5. The van der Waals surface area contributed by atoms with Crippen molar-refractivity contribution < 1.29 is 4.92 Å². The molecule has 2 aromatic rings. The lowest BCUT2D eigenvalue weighted by molar-refractivity contribution is -0.390. The number of hydrogen-bond donors (Lipinski definition) is 1. The number of halogens is 1. The van der Waals surface area contributed by atoms with Crippen LogP contribution >= 0.6 is 15.9 Å². The number of aromatic nitrogens is 3. The first-order valence-corrected chi connectivity index (χ1v) is 6.95. The van der Waals surface area contributed by atoms with Crippen LogP contribution < -0.4 is 5.32 Å². The molecule has 0 radical (unpaired) electrons. The monoisotopic (exact) mass is 339 g/mol. The van der Waals surface area contributed by atoms with Gasteiger partial charge in [0.15, 0.2) is 0 Å². The third-order valence-corrected chi connectivity index (χ3v) is 3.16. The van der Waals surface area contributed by atoms with Crippen molar-refractivity contribution in [3.63, 3.8) is 0 Å². The third-order valence-electron chi connectivity index (χ3n) is 2.60. The molecule has 106 valence electrons. The molecular formula is C12H14BrN5O2. The quantitative estimate of drug-likeness (QED) is 0.645. The summed E-state index contributed by atoms with van der Waals surface area (Å²) in [6, 6.07) is 3.81. The summed E-state index contributed by atoms with van der Waals surface area (Å²) >= 11 is 3.12. The summed E-state index contributed by atoms with van der Waals surface area (Å²) in [4.78, 5) is 14.5. The van der Waals surface area contributed by atoms with E-state index < -0.39 is 4.92 Å².